The number of nitrogens with one attached hydrogen (secondary N) is 3. The maximum absolute atomic E-state index is 6.24. The average molecular weight is 442 g/mol. The Morgan fingerprint density at radius 1 is 0.529 bits per heavy atom. The molecule has 34 heavy (non-hydrogen) atoms. The molecule has 164 valence electrons. The van der Waals surface area contributed by atoms with Crippen molar-refractivity contribution in [2.45, 2.75) is 13.8 Å². The number of rotatable bonds is 2. The molecule has 3 N–H and O–H groups in total. The molecule has 0 fully saturated rings. The minimum Gasteiger partial charge on any atom is -0.453 e. The molecule has 0 aliphatic carbocycles. The van der Waals surface area contributed by atoms with Gasteiger partial charge in [-0.2, -0.15) is 0 Å². The summed E-state index contributed by atoms with van der Waals surface area (Å²) in [5, 5.41) is 6.12. The fraction of sp³-hybridized carbons (Fsp3) is 0.0667. The molecule has 4 heteroatoms. The third-order valence-electron chi connectivity index (χ3n) is 6.89. The van der Waals surface area contributed by atoms with Crippen molar-refractivity contribution in [3.63, 3.8) is 0 Å². The number of aromatic amines is 2. The normalized spacial score (nSPS) is 12.3. The van der Waals surface area contributed by atoms with Gasteiger partial charge < -0.3 is 20.0 Å². The summed E-state index contributed by atoms with van der Waals surface area (Å²) in [6.07, 6.45) is 4.11. The Morgan fingerprint density at radius 3 is 1.47 bits per heavy atom. The van der Waals surface area contributed by atoms with Gasteiger partial charge in [0.1, 0.15) is 0 Å². The summed E-state index contributed by atoms with van der Waals surface area (Å²) < 4.78 is 6.24. The number of ether oxygens (including phenoxy) is 1. The van der Waals surface area contributed by atoms with Gasteiger partial charge in [-0.05, 0) is 95.8 Å². The summed E-state index contributed by atoms with van der Waals surface area (Å²) in [5.41, 5.74) is 11.5. The van der Waals surface area contributed by atoms with Crippen LogP contribution in [0.1, 0.15) is 11.1 Å². The predicted octanol–water partition coefficient (Wildman–Crippen LogP) is 8.45. The molecule has 0 saturated heterocycles. The second-order valence-electron chi connectivity index (χ2n) is 9.11. The number of benzene rings is 4. The highest BCUT2D eigenvalue weighted by molar-refractivity contribution is 5.91. The van der Waals surface area contributed by atoms with Gasteiger partial charge in [0.05, 0.1) is 11.4 Å². The van der Waals surface area contributed by atoms with Gasteiger partial charge in [0, 0.05) is 34.2 Å². The molecule has 7 rings (SSSR count). The van der Waals surface area contributed by atoms with Gasteiger partial charge in [-0.3, -0.25) is 0 Å². The molecule has 3 heterocycles. The molecule has 1 aliphatic heterocycles. The van der Waals surface area contributed by atoms with Gasteiger partial charge in [0.25, 0.3) is 0 Å². The van der Waals surface area contributed by atoms with Gasteiger partial charge in [0.2, 0.25) is 0 Å². The van der Waals surface area contributed by atoms with Gasteiger partial charge >= 0.3 is 0 Å². The van der Waals surface area contributed by atoms with Crippen LogP contribution < -0.4 is 10.1 Å². The van der Waals surface area contributed by atoms with Crippen LogP contribution in [0.25, 0.3) is 44.1 Å². The molecule has 4 aromatic carbocycles. The molecule has 1 aliphatic rings. The summed E-state index contributed by atoms with van der Waals surface area (Å²) in [4.78, 5) is 6.65. The van der Waals surface area contributed by atoms with Gasteiger partial charge in [-0.25, -0.2) is 0 Å². The van der Waals surface area contributed by atoms with E-state index in [1.54, 1.807) is 0 Å². The van der Waals surface area contributed by atoms with E-state index in [4.69, 9.17) is 4.74 Å². The Labute approximate surface area is 197 Å². The van der Waals surface area contributed by atoms with E-state index in [0.717, 1.165) is 45.0 Å². The minimum atomic E-state index is 0.840. The van der Waals surface area contributed by atoms with Crippen molar-refractivity contribution >= 4 is 33.2 Å². The molecule has 0 bridgehead atoms. The highest BCUT2D eigenvalue weighted by Gasteiger charge is 2.18. The number of anilines is 2. The van der Waals surface area contributed by atoms with Crippen LogP contribution in [0.15, 0.2) is 85.2 Å². The summed E-state index contributed by atoms with van der Waals surface area (Å²) in [5.74, 6) is 1.68. The fourth-order valence-corrected chi connectivity index (χ4v) is 4.94. The number of hydrogen-bond donors (Lipinski definition) is 3. The van der Waals surface area contributed by atoms with Gasteiger partial charge in [-0.15, -0.1) is 0 Å². The van der Waals surface area contributed by atoms with Crippen LogP contribution in [-0.2, 0) is 0 Å². The Morgan fingerprint density at radius 2 is 0.971 bits per heavy atom. The SMILES string of the molecule is Cc1c[nH]c2ccc(-c3ccc4c(c3)Nc3cc(-c5ccc6[nH]cc(C)c6c5)ccc3O4)cc12. The zero-order valence-electron chi connectivity index (χ0n) is 19.0. The van der Waals surface area contributed by atoms with E-state index < -0.39 is 0 Å². The predicted molar refractivity (Wildman–Crippen MR) is 140 cm³/mol. The molecule has 2 aromatic heterocycles. The molecule has 0 spiro atoms. The number of hydrogen-bond acceptors (Lipinski definition) is 2. The van der Waals surface area contributed by atoms with Crippen molar-refractivity contribution in [3.8, 4) is 33.8 Å². The average Bonchev–Trinajstić information content (AvgIpc) is 3.43. The first-order valence-corrected chi connectivity index (χ1v) is 11.5. The quantitative estimate of drug-likeness (QED) is 0.252. The van der Waals surface area contributed by atoms with Crippen molar-refractivity contribution in [1.29, 1.82) is 0 Å². The van der Waals surface area contributed by atoms with E-state index >= 15 is 0 Å². The maximum atomic E-state index is 6.24. The number of aryl methyl sites for hydroxylation is 2. The largest absolute Gasteiger partial charge is 0.453 e. The van der Waals surface area contributed by atoms with Crippen LogP contribution >= 0.6 is 0 Å². The first kappa shape index (κ1) is 19.1. The van der Waals surface area contributed by atoms with E-state index in [1.807, 2.05) is 12.1 Å². The van der Waals surface area contributed by atoms with Gasteiger partial charge in [-0.1, -0.05) is 24.3 Å². The number of H-pyrrole nitrogens is 2. The molecule has 0 amide bonds. The zero-order chi connectivity index (χ0) is 22.8. The van der Waals surface area contributed by atoms with Crippen LogP contribution in [0.5, 0.6) is 11.5 Å². The first-order valence-electron chi connectivity index (χ1n) is 11.5. The monoisotopic (exact) mass is 441 g/mol. The standard InChI is InChI=1S/C30H23N3O/c1-17-15-31-25-7-3-19(11-23(17)25)21-5-9-29-27(13-21)33-28-14-22(6-10-30(28)34-29)20-4-8-26-24(12-20)18(2)16-32-26/h3-16,31-33H,1-2H3. The third kappa shape index (κ3) is 2.92. The van der Waals surface area contributed by atoms with Crippen LogP contribution in [0.4, 0.5) is 11.4 Å². The Hall–Kier alpha value is -4.44. The lowest BCUT2D eigenvalue weighted by Gasteiger charge is -2.23. The van der Waals surface area contributed by atoms with E-state index in [1.165, 1.54) is 33.0 Å². The van der Waals surface area contributed by atoms with Gasteiger partial charge in [0.15, 0.2) is 11.5 Å². The molecule has 4 nitrogen and oxygen atoms in total. The summed E-state index contributed by atoms with van der Waals surface area (Å²) in [6, 6.07) is 25.8. The van der Waals surface area contributed by atoms with Crippen LogP contribution in [0.3, 0.4) is 0 Å². The molecular weight excluding hydrogens is 418 g/mol. The van der Waals surface area contributed by atoms with Crippen LogP contribution in [-0.4, -0.2) is 9.97 Å². The zero-order valence-corrected chi connectivity index (χ0v) is 19.0. The summed E-state index contributed by atoms with van der Waals surface area (Å²) >= 11 is 0. The van der Waals surface area contributed by atoms with Crippen molar-refractivity contribution in [2.75, 3.05) is 5.32 Å². The fourth-order valence-electron chi connectivity index (χ4n) is 4.94. The van der Waals surface area contributed by atoms with Crippen molar-refractivity contribution in [2.24, 2.45) is 0 Å². The van der Waals surface area contributed by atoms with Crippen molar-refractivity contribution in [3.05, 3.63) is 96.3 Å². The van der Waals surface area contributed by atoms with E-state index in [9.17, 15) is 0 Å². The lowest BCUT2D eigenvalue weighted by atomic mass is 10.00. The van der Waals surface area contributed by atoms with Crippen LogP contribution in [0, 0.1) is 13.8 Å². The highest BCUT2D eigenvalue weighted by atomic mass is 16.5. The number of aromatic nitrogens is 2. The lowest BCUT2D eigenvalue weighted by molar-refractivity contribution is 0.481. The van der Waals surface area contributed by atoms with E-state index in [-0.39, 0.29) is 0 Å². The van der Waals surface area contributed by atoms with E-state index in [0.29, 0.717) is 0 Å². The third-order valence-corrected chi connectivity index (χ3v) is 6.89. The van der Waals surface area contributed by atoms with Crippen molar-refractivity contribution < 1.29 is 4.74 Å². The molecular formula is C30H23N3O. The maximum Gasteiger partial charge on any atom is 0.151 e. The Bertz CT molecular complexity index is 1610. The van der Waals surface area contributed by atoms with E-state index in [2.05, 4.69) is 102 Å². The smallest absolute Gasteiger partial charge is 0.151 e. The molecule has 0 radical (unpaired) electrons. The second kappa shape index (κ2) is 7.03. The van der Waals surface area contributed by atoms with Crippen LogP contribution in [0.2, 0.25) is 0 Å². The summed E-state index contributed by atoms with van der Waals surface area (Å²) in [7, 11) is 0. The second-order valence-corrected chi connectivity index (χ2v) is 9.11. The molecule has 0 unspecified atom stereocenters. The topological polar surface area (TPSA) is 52.8 Å². The molecule has 0 atom stereocenters. The molecule has 0 saturated carbocycles. The minimum absolute atomic E-state index is 0.840. The Balaban J connectivity index is 1.25. The first-order chi connectivity index (χ1) is 16.6. The van der Waals surface area contributed by atoms with Crippen molar-refractivity contribution in [1.82, 2.24) is 9.97 Å². The highest BCUT2D eigenvalue weighted by Crippen LogP contribution is 2.45. The Kier molecular flexibility index (Phi) is 3.94. The number of fused-ring (bicyclic) bond motifs is 4. The molecule has 6 aromatic rings. The summed E-state index contributed by atoms with van der Waals surface area (Å²) in [6.45, 7) is 4.27. The lowest BCUT2D eigenvalue weighted by Crippen LogP contribution is -2.03.